The van der Waals surface area contributed by atoms with E-state index >= 15 is 0 Å². The largest absolute Gasteiger partial charge is 0.372 e. The molecule has 136 valence electrons. The SMILES string of the molecule is CCN(CC)c1ccc(Nc2ccc(NS(=O)(=O)N(C)C)nn2)cc1. The molecule has 0 atom stereocenters. The van der Waals surface area contributed by atoms with Crippen LogP contribution in [0.25, 0.3) is 0 Å². The van der Waals surface area contributed by atoms with Crippen LogP contribution in [0.1, 0.15) is 13.8 Å². The van der Waals surface area contributed by atoms with Gasteiger partial charge in [0.25, 0.3) is 0 Å². The summed E-state index contributed by atoms with van der Waals surface area (Å²) in [4.78, 5) is 2.26. The van der Waals surface area contributed by atoms with Gasteiger partial charge in [0.2, 0.25) is 0 Å². The molecule has 1 aromatic heterocycles. The maximum absolute atomic E-state index is 11.7. The zero-order chi connectivity index (χ0) is 18.4. The second-order valence-electron chi connectivity index (χ2n) is 5.54. The van der Waals surface area contributed by atoms with Crippen LogP contribution in [0.2, 0.25) is 0 Å². The van der Waals surface area contributed by atoms with Crippen molar-refractivity contribution in [3.05, 3.63) is 36.4 Å². The third-order valence-corrected chi connectivity index (χ3v) is 5.08. The van der Waals surface area contributed by atoms with E-state index in [1.807, 2.05) is 24.3 Å². The summed E-state index contributed by atoms with van der Waals surface area (Å²) in [5, 5.41) is 11.0. The Bertz CT molecular complexity index is 771. The van der Waals surface area contributed by atoms with Crippen molar-refractivity contribution in [1.29, 1.82) is 0 Å². The summed E-state index contributed by atoms with van der Waals surface area (Å²) >= 11 is 0. The lowest BCUT2D eigenvalue weighted by Crippen LogP contribution is -2.29. The predicted octanol–water partition coefficient (Wildman–Crippen LogP) is 2.28. The Morgan fingerprint density at radius 1 is 0.920 bits per heavy atom. The van der Waals surface area contributed by atoms with Gasteiger partial charge in [-0.05, 0) is 50.2 Å². The minimum absolute atomic E-state index is 0.163. The van der Waals surface area contributed by atoms with E-state index in [4.69, 9.17) is 0 Å². The van der Waals surface area contributed by atoms with E-state index in [0.717, 1.165) is 28.8 Å². The molecule has 0 amide bonds. The van der Waals surface area contributed by atoms with Gasteiger partial charge in [-0.1, -0.05) is 0 Å². The molecule has 0 unspecified atom stereocenters. The molecule has 0 aliphatic carbocycles. The Kier molecular flexibility index (Phi) is 6.16. The van der Waals surface area contributed by atoms with Gasteiger partial charge in [0.05, 0.1) is 0 Å². The molecular formula is C16H24N6O2S. The van der Waals surface area contributed by atoms with Gasteiger partial charge in [0.15, 0.2) is 11.6 Å². The lowest BCUT2D eigenvalue weighted by molar-refractivity contribution is 0.526. The number of nitrogens with zero attached hydrogens (tertiary/aromatic N) is 4. The summed E-state index contributed by atoms with van der Waals surface area (Å²) in [6.07, 6.45) is 0. The molecule has 2 rings (SSSR count). The van der Waals surface area contributed by atoms with Crippen LogP contribution < -0.4 is 14.9 Å². The fourth-order valence-electron chi connectivity index (χ4n) is 2.17. The normalized spacial score (nSPS) is 11.4. The highest BCUT2D eigenvalue weighted by Gasteiger charge is 2.13. The molecule has 1 aromatic carbocycles. The smallest absolute Gasteiger partial charge is 0.302 e. The fraction of sp³-hybridized carbons (Fsp3) is 0.375. The van der Waals surface area contributed by atoms with E-state index < -0.39 is 10.2 Å². The van der Waals surface area contributed by atoms with Crippen LogP contribution in [0.5, 0.6) is 0 Å². The Hall–Kier alpha value is -2.39. The molecule has 9 heteroatoms. The topological polar surface area (TPSA) is 90.5 Å². The van der Waals surface area contributed by atoms with E-state index in [1.165, 1.54) is 14.1 Å². The summed E-state index contributed by atoms with van der Waals surface area (Å²) in [5.41, 5.74) is 2.04. The standard InChI is InChI=1S/C16H24N6O2S/c1-5-22(6-2)14-9-7-13(8-10-14)17-15-11-12-16(19-18-15)20-25(23,24)21(3)4/h7-12H,5-6H2,1-4H3,(H,17,18)(H,19,20). The van der Waals surface area contributed by atoms with Crippen LogP contribution in [0.3, 0.4) is 0 Å². The highest BCUT2D eigenvalue weighted by molar-refractivity contribution is 7.90. The third-order valence-electron chi connectivity index (χ3n) is 3.65. The number of benzene rings is 1. The van der Waals surface area contributed by atoms with Crippen molar-refractivity contribution >= 4 is 33.2 Å². The molecule has 2 N–H and O–H groups in total. The summed E-state index contributed by atoms with van der Waals surface area (Å²) in [6, 6.07) is 11.3. The van der Waals surface area contributed by atoms with E-state index in [2.05, 4.69) is 39.0 Å². The second kappa shape index (κ2) is 8.13. The van der Waals surface area contributed by atoms with Crippen molar-refractivity contribution in [3.8, 4) is 0 Å². The minimum atomic E-state index is -3.59. The fourth-order valence-corrected chi connectivity index (χ4v) is 2.72. The number of hydrogen-bond donors (Lipinski definition) is 2. The Labute approximate surface area is 149 Å². The Morgan fingerprint density at radius 2 is 1.48 bits per heavy atom. The average Bonchev–Trinajstić information content (AvgIpc) is 2.59. The van der Waals surface area contributed by atoms with Crippen LogP contribution in [0, 0.1) is 0 Å². The summed E-state index contributed by atoms with van der Waals surface area (Å²) in [6.45, 7) is 6.16. The first-order valence-corrected chi connectivity index (χ1v) is 9.45. The molecule has 0 saturated heterocycles. The first kappa shape index (κ1) is 18.9. The first-order chi connectivity index (χ1) is 11.9. The molecule has 0 aliphatic rings. The number of rotatable bonds is 8. The molecule has 8 nitrogen and oxygen atoms in total. The van der Waals surface area contributed by atoms with Gasteiger partial charge in [-0.15, -0.1) is 10.2 Å². The van der Waals surface area contributed by atoms with Crippen molar-refractivity contribution in [2.75, 3.05) is 42.1 Å². The monoisotopic (exact) mass is 364 g/mol. The third kappa shape index (κ3) is 5.04. The maximum atomic E-state index is 11.7. The highest BCUT2D eigenvalue weighted by Crippen LogP contribution is 2.20. The highest BCUT2D eigenvalue weighted by atomic mass is 32.2. The number of aromatic nitrogens is 2. The Morgan fingerprint density at radius 3 is 1.96 bits per heavy atom. The molecule has 0 radical (unpaired) electrons. The van der Waals surface area contributed by atoms with Crippen molar-refractivity contribution in [2.24, 2.45) is 0 Å². The second-order valence-corrected chi connectivity index (χ2v) is 7.42. The van der Waals surface area contributed by atoms with Gasteiger partial charge in [0.1, 0.15) is 0 Å². The van der Waals surface area contributed by atoms with Crippen LogP contribution >= 0.6 is 0 Å². The van der Waals surface area contributed by atoms with Gasteiger partial charge in [-0.2, -0.15) is 12.7 Å². The first-order valence-electron chi connectivity index (χ1n) is 8.01. The molecule has 25 heavy (non-hydrogen) atoms. The van der Waals surface area contributed by atoms with Crippen molar-refractivity contribution in [3.63, 3.8) is 0 Å². The molecule has 0 aliphatic heterocycles. The molecule has 0 spiro atoms. The number of hydrogen-bond acceptors (Lipinski definition) is 6. The molecule has 0 fully saturated rings. The zero-order valence-corrected chi connectivity index (χ0v) is 15.7. The zero-order valence-electron chi connectivity index (χ0n) is 14.9. The lowest BCUT2D eigenvalue weighted by atomic mass is 10.2. The number of nitrogens with one attached hydrogen (secondary N) is 2. The van der Waals surface area contributed by atoms with Gasteiger partial charge in [0, 0.05) is 38.6 Å². The minimum Gasteiger partial charge on any atom is -0.372 e. The van der Waals surface area contributed by atoms with E-state index in [9.17, 15) is 8.42 Å². The van der Waals surface area contributed by atoms with E-state index in [0.29, 0.717) is 5.82 Å². The van der Waals surface area contributed by atoms with E-state index in [-0.39, 0.29) is 5.82 Å². The maximum Gasteiger partial charge on any atom is 0.302 e. The predicted molar refractivity (Wildman–Crippen MR) is 102 cm³/mol. The van der Waals surface area contributed by atoms with Crippen molar-refractivity contribution in [1.82, 2.24) is 14.5 Å². The molecule has 0 saturated carbocycles. The summed E-state index contributed by atoms with van der Waals surface area (Å²) in [5.74, 6) is 0.694. The van der Waals surface area contributed by atoms with Crippen LogP contribution in [-0.4, -0.2) is 50.1 Å². The van der Waals surface area contributed by atoms with Gasteiger partial charge in [-0.3, -0.25) is 4.72 Å². The Balaban J connectivity index is 2.04. The summed E-state index contributed by atoms with van der Waals surface area (Å²) in [7, 11) is -0.709. The molecule has 2 aromatic rings. The van der Waals surface area contributed by atoms with Gasteiger partial charge < -0.3 is 10.2 Å². The van der Waals surface area contributed by atoms with Gasteiger partial charge >= 0.3 is 10.2 Å². The van der Waals surface area contributed by atoms with E-state index in [1.54, 1.807) is 12.1 Å². The summed E-state index contributed by atoms with van der Waals surface area (Å²) < 4.78 is 26.9. The van der Waals surface area contributed by atoms with Crippen molar-refractivity contribution < 1.29 is 8.42 Å². The van der Waals surface area contributed by atoms with Gasteiger partial charge in [-0.25, -0.2) is 0 Å². The lowest BCUT2D eigenvalue weighted by Gasteiger charge is -2.21. The molecular weight excluding hydrogens is 340 g/mol. The molecule has 0 bridgehead atoms. The quantitative estimate of drug-likeness (QED) is 0.747. The average molecular weight is 364 g/mol. The number of anilines is 4. The van der Waals surface area contributed by atoms with Crippen LogP contribution in [0.4, 0.5) is 23.0 Å². The molecule has 1 heterocycles. The van der Waals surface area contributed by atoms with Crippen molar-refractivity contribution in [2.45, 2.75) is 13.8 Å². The van der Waals surface area contributed by atoms with Crippen LogP contribution in [-0.2, 0) is 10.2 Å². The van der Waals surface area contributed by atoms with Crippen LogP contribution in [0.15, 0.2) is 36.4 Å².